The Labute approximate surface area is 106 Å². The van der Waals surface area contributed by atoms with Crippen molar-refractivity contribution in [3.63, 3.8) is 0 Å². The highest BCUT2D eigenvalue weighted by Crippen LogP contribution is 2.18. The molecular weight excluding hydrogens is 228 g/mol. The van der Waals surface area contributed by atoms with Crippen molar-refractivity contribution in [1.82, 2.24) is 9.78 Å². The van der Waals surface area contributed by atoms with Gasteiger partial charge in [-0.05, 0) is 32.9 Å². The molecule has 0 bridgehead atoms. The van der Waals surface area contributed by atoms with Crippen LogP contribution in [0.3, 0.4) is 0 Å². The molecule has 0 unspecified atom stereocenters. The molecule has 2 aromatic rings. The summed E-state index contributed by atoms with van der Waals surface area (Å²) in [5, 5.41) is 4.39. The Kier molecular flexibility index (Phi) is 3.19. The van der Waals surface area contributed by atoms with Crippen molar-refractivity contribution in [3.8, 4) is 5.69 Å². The van der Waals surface area contributed by atoms with E-state index in [2.05, 4.69) is 5.10 Å². The van der Waals surface area contributed by atoms with E-state index in [4.69, 9.17) is 4.74 Å². The Hall–Kier alpha value is -2.10. The third-order valence-corrected chi connectivity index (χ3v) is 2.96. The molecule has 18 heavy (non-hydrogen) atoms. The Bertz CT molecular complexity index is 583. The van der Waals surface area contributed by atoms with Crippen molar-refractivity contribution in [3.05, 3.63) is 46.8 Å². The molecule has 2 rings (SSSR count). The summed E-state index contributed by atoms with van der Waals surface area (Å²) in [6.45, 7) is 5.71. The van der Waals surface area contributed by atoms with E-state index >= 15 is 0 Å². The van der Waals surface area contributed by atoms with Crippen LogP contribution in [0.15, 0.2) is 24.3 Å². The first-order chi connectivity index (χ1) is 8.54. The maximum absolute atomic E-state index is 11.7. The van der Waals surface area contributed by atoms with Gasteiger partial charge in [0.05, 0.1) is 24.2 Å². The summed E-state index contributed by atoms with van der Waals surface area (Å²) in [7, 11) is 1.38. The number of hydrogen-bond acceptors (Lipinski definition) is 3. The topological polar surface area (TPSA) is 44.1 Å². The van der Waals surface area contributed by atoms with E-state index in [9.17, 15) is 4.79 Å². The van der Waals surface area contributed by atoms with Crippen molar-refractivity contribution in [2.75, 3.05) is 7.11 Å². The number of benzene rings is 1. The van der Waals surface area contributed by atoms with Gasteiger partial charge in [-0.25, -0.2) is 9.48 Å². The minimum absolute atomic E-state index is 0.344. The van der Waals surface area contributed by atoms with Crippen LogP contribution in [0, 0.1) is 20.8 Å². The molecule has 0 saturated heterocycles. The molecule has 0 N–H and O–H groups in total. The van der Waals surface area contributed by atoms with Gasteiger partial charge in [0.15, 0.2) is 0 Å². The van der Waals surface area contributed by atoms with E-state index in [-0.39, 0.29) is 5.97 Å². The SMILES string of the molecule is COC(=O)c1c(C)nn(-c2ccc(C)cc2)c1C. The molecule has 0 fully saturated rings. The van der Waals surface area contributed by atoms with E-state index in [0.29, 0.717) is 11.3 Å². The molecule has 0 amide bonds. The van der Waals surface area contributed by atoms with Gasteiger partial charge in [0.25, 0.3) is 0 Å². The molecular formula is C14H16N2O2. The fourth-order valence-corrected chi connectivity index (χ4v) is 1.98. The lowest BCUT2D eigenvalue weighted by Gasteiger charge is -2.05. The maximum Gasteiger partial charge on any atom is 0.341 e. The normalized spacial score (nSPS) is 10.4. The molecule has 0 aliphatic carbocycles. The van der Waals surface area contributed by atoms with Crippen LogP contribution in [0.4, 0.5) is 0 Å². The zero-order valence-electron chi connectivity index (χ0n) is 11.0. The minimum Gasteiger partial charge on any atom is -0.465 e. The van der Waals surface area contributed by atoms with Crippen LogP contribution in [0.2, 0.25) is 0 Å². The largest absolute Gasteiger partial charge is 0.465 e. The highest BCUT2D eigenvalue weighted by molar-refractivity contribution is 5.91. The highest BCUT2D eigenvalue weighted by Gasteiger charge is 2.19. The van der Waals surface area contributed by atoms with Gasteiger partial charge < -0.3 is 4.74 Å². The highest BCUT2D eigenvalue weighted by atomic mass is 16.5. The molecule has 4 heteroatoms. The summed E-state index contributed by atoms with van der Waals surface area (Å²) in [6, 6.07) is 8.00. The molecule has 94 valence electrons. The molecule has 1 aromatic heterocycles. The number of nitrogens with zero attached hydrogens (tertiary/aromatic N) is 2. The smallest absolute Gasteiger partial charge is 0.341 e. The Balaban J connectivity index is 2.53. The quantitative estimate of drug-likeness (QED) is 0.763. The number of methoxy groups -OCH3 is 1. The third-order valence-electron chi connectivity index (χ3n) is 2.96. The molecule has 0 aliphatic rings. The van der Waals surface area contributed by atoms with Crippen LogP contribution in [-0.2, 0) is 4.74 Å². The summed E-state index contributed by atoms with van der Waals surface area (Å²) in [5.41, 5.74) is 4.14. The third kappa shape index (κ3) is 2.01. The second-order valence-corrected chi connectivity index (χ2v) is 4.28. The average molecular weight is 244 g/mol. The summed E-state index contributed by atoms with van der Waals surface area (Å²) in [6.07, 6.45) is 0. The lowest BCUT2D eigenvalue weighted by molar-refractivity contribution is 0.0599. The Morgan fingerprint density at radius 1 is 1.17 bits per heavy atom. The number of carbonyl (C=O) groups is 1. The number of aromatic nitrogens is 2. The van der Waals surface area contributed by atoms with Gasteiger partial charge in [0.2, 0.25) is 0 Å². The van der Waals surface area contributed by atoms with Gasteiger partial charge >= 0.3 is 5.97 Å². The standard InChI is InChI=1S/C14H16N2O2/c1-9-5-7-12(8-6-9)16-11(3)13(10(2)15-16)14(17)18-4/h5-8H,1-4H3. The lowest BCUT2D eigenvalue weighted by atomic mass is 10.2. The fraction of sp³-hybridized carbons (Fsp3) is 0.286. The monoisotopic (exact) mass is 244 g/mol. The molecule has 0 atom stereocenters. The van der Waals surface area contributed by atoms with Crippen molar-refractivity contribution >= 4 is 5.97 Å². The van der Waals surface area contributed by atoms with Gasteiger partial charge in [-0.2, -0.15) is 5.10 Å². The number of ether oxygens (including phenoxy) is 1. The van der Waals surface area contributed by atoms with E-state index in [1.807, 2.05) is 45.0 Å². The van der Waals surface area contributed by atoms with Crippen LogP contribution < -0.4 is 0 Å². The zero-order chi connectivity index (χ0) is 13.3. The molecule has 0 spiro atoms. The predicted molar refractivity (Wildman–Crippen MR) is 69.1 cm³/mol. The van der Waals surface area contributed by atoms with Crippen LogP contribution in [0.25, 0.3) is 5.69 Å². The molecule has 0 radical (unpaired) electrons. The summed E-state index contributed by atoms with van der Waals surface area (Å²) in [5.74, 6) is -0.344. The summed E-state index contributed by atoms with van der Waals surface area (Å²) >= 11 is 0. The minimum atomic E-state index is -0.344. The zero-order valence-corrected chi connectivity index (χ0v) is 11.0. The molecule has 1 heterocycles. The summed E-state index contributed by atoms with van der Waals surface area (Å²) in [4.78, 5) is 11.7. The fourth-order valence-electron chi connectivity index (χ4n) is 1.98. The van der Waals surface area contributed by atoms with Crippen molar-refractivity contribution in [1.29, 1.82) is 0 Å². The molecule has 4 nitrogen and oxygen atoms in total. The first-order valence-corrected chi connectivity index (χ1v) is 5.76. The second kappa shape index (κ2) is 4.64. The van der Waals surface area contributed by atoms with Gasteiger partial charge in [0.1, 0.15) is 5.56 Å². The Morgan fingerprint density at radius 2 is 1.78 bits per heavy atom. The van der Waals surface area contributed by atoms with Gasteiger partial charge in [-0.15, -0.1) is 0 Å². The van der Waals surface area contributed by atoms with Gasteiger partial charge in [-0.1, -0.05) is 17.7 Å². The van der Waals surface area contributed by atoms with E-state index in [1.54, 1.807) is 4.68 Å². The Morgan fingerprint density at radius 3 is 2.33 bits per heavy atom. The molecule has 1 aromatic carbocycles. The first-order valence-electron chi connectivity index (χ1n) is 5.76. The number of rotatable bonds is 2. The first kappa shape index (κ1) is 12.4. The number of esters is 1. The number of hydrogen-bond donors (Lipinski definition) is 0. The van der Waals surface area contributed by atoms with Crippen LogP contribution in [0.1, 0.15) is 27.3 Å². The number of carbonyl (C=O) groups excluding carboxylic acids is 1. The van der Waals surface area contributed by atoms with E-state index < -0.39 is 0 Å². The van der Waals surface area contributed by atoms with Gasteiger partial charge in [0, 0.05) is 0 Å². The number of aryl methyl sites for hydroxylation is 2. The van der Waals surface area contributed by atoms with Crippen LogP contribution >= 0.6 is 0 Å². The maximum atomic E-state index is 11.7. The van der Waals surface area contributed by atoms with Crippen LogP contribution in [-0.4, -0.2) is 22.9 Å². The van der Waals surface area contributed by atoms with Crippen LogP contribution in [0.5, 0.6) is 0 Å². The summed E-state index contributed by atoms with van der Waals surface area (Å²) < 4.78 is 6.54. The molecule has 0 saturated carbocycles. The van der Waals surface area contributed by atoms with Crippen molar-refractivity contribution < 1.29 is 9.53 Å². The average Bonchev–Trinajstić information content (AvgIpc) is 2.65. The second-order valence-electron chi connectivity index (χ2n) is 4.28. The van der Waals surface area contributed by atoms with Crippen molar-refractivity contribution in [2.45, 2.75) is 20.8 Å². The van der Waals surface area contributed by atoms with Gasteiger partial charge in [-0.3, -0.25) is 0 Å². The van der Waals surface area contributed by atoms with Crippen molar-refractivity contribution in [2.24, 2.45) is 0 Å². The van der Waals surface area contributed by atoms with E-state index in [1.165, 1.54) is 12.7 Å². The predicted octanol–water partition coefficient (Wildman–Crippen LogP) is 2.58. The lowest BCUT2D eigenvalue weighted by Crippen LogP contribution is -2.05. The van der Waals surface area contributed by atoms with E-state index in [0.717, 1.165) is 11.4 Å². The molecule has 0 aliphatic heterocycles.